The van der Waals surface area contributed by atoms with Gasteiger partial charge in [0.2, 0.25) is 0 Å². The molecular weight excluding hydrogens is 423 g/mol. The van der Waals surface area contributed by atoms with Crippen LogP contribution in [0.1, 0.15) is 31.9 Å². The van der Waals surface area contributed by atoms with E-state index in [0.717, 1.165) is 41.8 Å². The van der Waals surface area contributed by atoms with Crippen molar-refractivity contribution in [1.29, 1.82) is 0 Å². The van der Waals surface area contributed by atoms with Crippen LogP contribution < -0.4 is 15.0 Å². The smallest absolute Gasteiger partial charge is 0.414 e. The molecule has 0 bridgehead atoms. The summed E-state index contributed by atoms with van der Waals surface area (Å²) >= 11 is 0. The van der Waals surface area contributed by atoms with Gasteiger partial charge >= 0.3 is 6.09 Å². The second-order valence-electron chi connectivity index (χ2n) is 8.70. The molecule has 0 radical (unpaired) electrons. The van der Waals surface area contributed by atoms with Gasteiger partial charge in [-0.1, -0.05) is 0 Å². The normalized spacial score (nSPS) is 21.8. The van der Waals surface area contributed by atoms with Crippen molar-refractivity contribution in [2.45, 2.75) is 44.8 Å². The molecule has 5 rings (SSSR count). The van der Waals surface area contributed by atoms with Crippen LogP contribution >= 0.6 is 0 Å². The van der Waals surface area contributed by atoms with E-state index >= 15 is 0 Å². The predicted molar refractivity (Wildman–Crippen MR) is 123 cm³/mol. The molecule has 3 atom stereocenters. The fraction of sp³-hybridized carbons (Fsp3) is 0.360. The molecule has 0 spiro atoms. The third-order valence-corrected chi connectivity index (χ3v) is 6.63. The first kappa shape index (κ1) is 21.5. The van der Waals surface area contributed by atoms with E-state index in [2.05, 4.69) is 17.3 Å². The largest absolute Gasteiger partial charge is 0.456 e. The highest BCUT2D eigenvalue weighted by Crippen LogP contribution is 2.45. The molecule has 0 unspecified atom stereocenters. The Labute approximate surface area is 192 Å². The second-order valence-corrected chi connectivity index (χ2v) is 8.70. The Bertz CT molecular complexity index is 1180. The van der Waals surface area contributed by atoms with Crippen LogP contribution in [0.15, 0.2) is 48.8 Å². The molecule has 8 heteroatoms. The van der Waals surface area contributed by atoms with Gasteiger partial charge in [0.1, 0.15) is 17.3 Å². The van der Waals surface area contributed by atoms with E-state index in [9.17, 15) is 9.18 Å². The number of fused-ring (bicyclic) bond motifs is 1. The lowest BCUT2D eigenvalue weighted by molar-refractivity contribution is 0.175. The van der Waals surface area contributed by atoms with Crippen molar-refractivity contribution in [3.63, 3.8) is 0 Å². The number of nitrogens with one attached hydrogen (secondary N) is 1. The molecule has 7 nitrogen and oxygen atoms in total. The molecular formula is C25H27FN4O3. The van der Waals surface area contributed by atoms with Crippen LogP contribution in [0, 0.1) is 5.82 Å². The number of anilines is 1. The number of carbonyl (C=O) groups is 1. The van der Waals surface area contributed by atoms with Gasteiger partial charge in [0.05, 0.1) is 25.0 Å². The highest BCUT2D eigenvalue weighted by Gasteiger charge is 2.33. The molecule has 1 fully saturated rings. The van der Waals surface area contributed by atoms with E-state index in [0.29, 0.717) is 23.6 Å². The summed E-state index contributed by atoms with van der Waals surface area (Å²) in [6.07, 6.45) is 4.99. The molecule has 1 amide bonds. The van der Waals surface area contributed by atoms with Crippen LogP contribution in [0.3, 0.4) is 0 Å². The van der Waals surface area contributed by atoms with E-state index in [1.165, 1.54) is 19.2 Å². The van der Waals surface area contributed by atoms with Gasteiger partial charge in [-0.3, -0.25) is 9.58 Å². The number of rotatable bonds is 4. The summed E-state index contributed by atoms with van der Waals surface area (Å²) < 4.78 is 26.9. The van der Waals surface area contributed by atoms with E-state index in [1.54, 1.807) is 17.0 Å². The monoisotopic (exact) mass is 450 g/mol. The zero-order valence-corrected chi connectivity index (χ0v) is 18.9. The van der Waals surface area contributed by atoms with Gasteiger partial charge in [-0.2, -0.15) is 5.10 Å². The lowest BCUT2D eigenvalue weighted by atomic mass is 9.92. The van der Waals surface area contributed by atoms with Crippen molar-refractivity contribution >= 4 is 11.8 Å². The standard InChI is InChI=1S/C25H27FN4O3/c1-15-4-9-21-22(30(15)25(31)32-3)11-10-20(24(21)33-19-7-5-18(26)6-8-19)17-12-28-29(14-17)23-13-27-16(23)2/h5-8,10-12,14-16,23,27H,4,9,13H2,1-3H3/t15-,16-,23-/m0/s1. The third kappa shape index (κ3) is 3.84. The SMILES string of the molecule is COC(=O)N1c2ccc(-c3cnn([C@H]4CN[C@H]4C)c3)c(Oc3ccc(F)cc3)c2CC[C@@H]1C. The molecule has 0 saturated carbocycles. The minimum atomic E-state index is -0.400. The maximum absolute atomic E-state index is 13.5. The number of nitrogens with zero attached hydrogens (tertiary/aromatic N) is 3. The zero-order valence-electron chi connectivity index (χ0n) is 18.9. The number of hydrogen-bond acceptors (Lipinski definition) is 5. The van der Waals surface area contributed by atoms with Crippen molar-refractivity contribution in [3.8, 4) is 22.6 Å². The number of carbonyl (C=O) groups excluding carboxylic acids is 1. The van der Waals surface area contributed by atoms with Crippen molar-refractivity contribution < 1.29 is 18.7 Å². The Morgan fingerprint density at radius 2 is 1.97 bits per heavy atom. The number of aromatic nitrogens is 2. The van der Waals surface area contributed by atoms with Crippen LogP contribution in [0.5, 0.6) is 11.5 Å². The quantitative estimate of drug-likeness (QED) is 0.611. The fourth-order valence-electron chi connectivity index (χ4n) is 4.59. The maximum atomic E-state index is 13.5. The Kier molecular flexibility index (Phi) is 5.54. The Balaban J connectivity index is 1.61. The van der Waals surface area contributed by atoms with E-state index in [-0.39, 0.29) is 11.9 Å². The Morgan fingerprint density at radius 1 is 1.18 bits per heavy atom. The lowest BCUT2D eigenvalue weighted by Crippen LogP contribution is -2.51. The summed E-state index contributed by atoms with van der Waals surface area (Å²) in [6, 6.07) is 10.5. The summed E-state index contributed by atoms with van der Waals surface area (Å²) in [5, 5.41) is 7.95. The highest BCUT2D eigenvalue weighted by molar-refractivity contribution is 5.92. The molecule has 3 aromatic rings. The van der Waals surface area contributed by atoms with E-state index in [4.69, 9.17) is 9.47 Å². The summed E-state index contributed by atoms with van der Waals surface area (Å²) in [6.45, 7) is 5.03. The first-order valence-corrected chi connectivity index (χ1v) is 11.2. The minimum Gasteiger partial charge on any atom is -0.456 e. The summed E-state index contributed by atoms with van der Waals surface area (Å²) in [7, 11) is 1.39. The molecule has 1 N–H and O–H groups in total. The third-order valence-electron chi connectivity index (χ3n) is 6.63. The van der Waals surface area contributed by atoms with E-state index < -0.39 is 6.09 Å². The average molecular weight is 451 g/mol. The van der Waals surface area contributed by atoms with Crippen molar-refractivity contribution in [2.75, 3.05) is 18.6 Å². The number of amides is 1. The molecule has 33 heavy (non-hydrogen) atoms. The zero-order chi connectivity index (χ0) is 23.1. The molecule has 1 aromatic heterocycles. The number of halogens is 1. The number of ether oxygens (including phenoxy) is 2. The Hall–Kier alpha value is -3.39. The molecule has 0 aliphatic carbocycles. The van der Waals surface area contributed by atoms with Crippen LogP contribution in [0.2, 0.25) is 0 Å². The number of benzene rings is 2. The number of hydrogen-bond donors (Lipinski definition) is 1. The lowest BCUT2D eigenvalue weighted by Gasteiger charge is -2.35. The summed E-state index contributed by atoms with van der Waals surface area (Å²) in [4.78, 5) is 14.2. The van der Waals surface area contributed by atoms with E-state index in [1.807, 2.05) is 36.1 Å². The molecule has 2 aromatic carbocycles. The average Bonchev–Trinajstić information content (AvgIpc) is 3.27. The van der Waals surface area contributed by atoms with Gasteiger partial charge in [0.15, 0.2) is 0 Å². The van der Waals surface area contributed by atoms with Crippen molar-refractivity contribution in [3.05, 3.63) is 60.2 Å². The molecule has 3 heterocycles. The first-order valence-electron chi connectivity index (χ1n) is 11.2. The summed E-state index contributed by atoms with van der Waals surface area (Å²) in [5.74, 6) is 0.852. The van der Waals surface area contributed by atoms with Crippen LogP contribution in [-0.2, 0) is 11.2 Å². The highest BCUT2D eigenvalue weighted by atomic mass is 19.1. The van der Waals surface area contributed by atoms with Gasteiger partial charge in [0, 0.05) is 41.5 Å². The maximum Gasteiger partial charge on any atom is 0.414 e. The molecule has 2 aliphatic rings. The first-order chi connectivity index (χ1) is 16.0. The van der Waals surface area contributed by atoms with Crippen molar-refractivity contribution in [2.24, 2.45) is 0 Å². The minimum absolute atomic E-state index is 0.00447. The fourth-order valence-corrected chi connectivity index (χ4v) is 4.59. The molecule has 2 aliphatic heterocycles. The summed E-state index contributed by atoms with van der Waals surface area (Å²) in [5.41, 5.74) is 3.50. The Morgan fingerprint density at radius 3 is 2.64 bits per heavy atom. The predicted octanol–water partition coefficient (Wildman–Crippen LogP) is 4.92. The molecule has 1 saturated heterocycles. The van der Waals surface area contributed by atoms with Gasteiger partial charge in [-0.15, -0.1) is 0 Å². The topological polar surface area (TPSA) is 68.6 Å². The van der Waals surface area contributed by atoms with Crippen molar-refractivity contribution in [1.82, 2.24) is 15.1 Å². The number of methoxy groups -OCH3 is 1. The van der Waals surface area contributed by atoms with Gasteiger partial charge in [-0.25, -0.2) is 9.18 Å². The van der Waals surface area contributed by atoms with Crippen LogP contribution in [0.4, 0.5) is 14.9 Å². The van der Waals surface area contributed by atoms with Gasteiger partial charge in [-0.05, 0) is 63.1 Å². The van der Waals surface area contributed by atoms with Gasteiger partial charge < -0.3 is 14.8 Å². The second kappa shape index (κ2) is 8.51. The molecule has 172 valence electrons. The van der Waals surface area contributed by atoms with Crippen LogP contribution in [0.25, 0.3) is 11.1 Å². The van der Waals surface area contributed by atoms with Gasteiger partial charge in [0.25, 0.3) is 0 Å². The van der Waals surface area contributed by atoms with Crippen LogP contribution in [-0.4, -0.2) is 41.6 Å².